The highest BCUT2D eigenvalue weighted by molar-refractivity contribution is 5.88. The molecule has 1 unspecified atom stereocenters. The summed E-state index contributed by atoms with van der Waals surface area (Å²) in [6, 6.07) is 17.0. The quantitative estimate of drug-likeness (QED) is 0.811. The maximum atomic E-state index is 11.7. The zero-order valence-corrected chi connectivity index (χ0v) is 13.7. The molecule has 0 saturated carbocycles. The fourth-order valence-electron chi connectivity index (χ4n) is 2.12. The highest BCUT2D eigenvalue weighted by Crippen LogP contribution is 2.25. The second-order valence-electron chi connectivity index (χ2n) is 5.06. The number of ether oxygens (including phenoxy) is 1. The van der Waals surface area contributed by atoms with E-state index >= 15 is 0 Å². The molecule has 0 fully saturated rings. The Morgan fingerprint density at radius 1 is 1.13 bits per heavy atom. The second kappa shape index (κ2) is 8.19. The summed E-state index contributed by atoms with van der Waals surface area (Å²) in [5.74, 6) is 0.846. The first-order valence-corrected chi connectivity index (χ1v) is 7.54. The van der Waals surface area contributed by atoms with Crippen LogP contribution in [0.2, 0.25) is 0 Å². The van der Waals surface area contributed by atoms with Crippen LogP contribution in [-0.2, 0) is 4.84 Å². The SMILES string of the molecule is CCC(Oc1ccccc1)c1ccc(NC(=O)N(C)OC)cc1. The van der Waals surface area contributed by atoms with Crippen molar-refractivity contribution in [1.82, 2.24) is 5.06 Å². The molecule has 0 bridgehead atoms. The van der Waals surface area contributed by atoms with Crippen LogP contribution in [0.25, 0.3) is 0 Å². The van der Waals surface area contributed by atoms with Gasteiger partial charge in [0.2, 0.25) is 0 Å². The molecular weight excluding hydrogens is 292 g/mol. The van der Waals surface area contributed by atoms with Crippen molar-refractivity contribution in [2.75, 3.05) is 19.5 Å². The third-order valence-electron chi connectivity index (χ3n) is 3.49. The van der Waals surface area contributed by atoms with E-state index in [1.165, 1.54) is 7.11 Å². The minimum Gasteiger partial charge on any atom is -0.486 e. The zero-order valence-electron chi connectivity index (χ0n) is 13.7. The Morgan fingerprint density at radius 2 is 1.78 bits per heavy atom. The van der Waals surface area contributed by atoms with Gasteiger partial charge in [-0.05, 0) is 36.2 Å². The molecule has 5 heteroatoms. The second-order valence-corrected chi connectivity index (χ2v) is 5.06. The summed E-state index contributed by atoms with van der Waals surface area (Å²) in [7, 11) is 2.99. The lowest BCUT2D eigenvalue weighted by atomic mass is 10.1. The number of para-hydroxylation sites is 1. The van der Waals surface area contributed by atoms with E-state index in [0.29, 0.717) is 5.69 Å². The Bertz CT molecular complexity index is 614. The molecule has 2 aromatic rings. The number of nitrogens with zero attached hydrogens (tertiary/aromatic N) is 1. The van der Waals surface area contributed by atoms with Gasteiger partial charge in [0, 0.05) is 12.7 Å². The van der Waals surface area contributed by atoms with Crippen LogP contribution in [0.5, 0.6) is 5.75 Å². The first-order chi connectivity index (χ1) is 11.1. The van der Waals surface area contributed by atoms with Gasteiger partial charge in [0.25, 0.3) is 0 Å². The van der Waals surface area contributed by atoms with Crippen LogP contribution in [0.15, 0.2) is 54.6 Å². The van der Waals surface area contributed by atoms with E-state index in [-0.39, 0.29) is 12.1 Å². The number of nitrogens with one attached hydrogen (secondary N) is 1. The van der Waals surface area contributed by atoms with Crippen molar-refractivity contribution in [1.29, 1.82) is 0 Å². The molecule has 1 N–H and O–H groups in total. The predicted octanol–water partition coefficient (Wildman–Crippen LogP) is 4.24. The van der Waals surface area contributed by atoms with Crippen molar-refractivity contribution in [2.45, 2.75) is 19.4 Å². The summed E-state index contributed by atoms with van der Waals surface area (Å²) < 4.78 is 6.01. The Kier molecular flexibility index (Phi) is 6.00. The number of hydrogen-bond donors (Lipinski definition) is 1. The van der Waals surface area contributed by atoms with Crippen LogP contribution < -0.4 is 10.1 Å². The minimum atomic E-state index is -0.326. The molecule has 0 spiro atoms. The first-order valence-electron chi connectivity index (χ1n) is 7.54. The van der Waals surface area contributed by atoms with Gasteiger partial charge in [-0.25, -0.2) is 9.86 Å². The number of hydroxylamine groups is 2. The van der Waals surface area contributed by atoms with Gasteiger partial charge in [0.1, 0.15) is 11.9 Å². The molecule has 2 amide bonds. The molecule has 0 aromatic heterocycles. The number of rotatable bonds is 6. The Morgan fingerprint density at radius 3 is 2.35 bits per heavy atom. The van der Waals surface area contributed by atoms with Gasteiger partial charge in [0.05, 0.1) is 7.11 Å². The number of amides is 2. The first kappa shape index (κ1) is 16.8. The van der Waals surface area contributed by atoms with Gasteiger partial charge in [-0.15, -0.1) is 0 Å². The molecule has 0 saturated heterocycles. The van der Waals surface area contributed by atoms with E-state index in [4.69, 9.17) is 9.57 Å². The van der Waals surface area contributed by atoms with E-state index in [1.54, 1.807) is 7.05 Å². The molecule has 0 aliphatic rings. The number of carbonyl (C=O) groups is 1. The fraction of sp³-hybridized carbons (Fsp3) is 0.278. The molecule has 2 rings (SSSR count). The molecule has 5 nitrogen and oxygen atoms in total. The average molecular weight is 314 g/mol. The Hall–Kier alpha value is -2.53. The van der Waals surface area contributed by atoms with Crippen LogP contribution in [-0.4, -0.2) is 25.3 Å². The van der Waals surface area contributed by atoms with E-state index < -0.39 is 0 Å². The summed E-state index contributed by atoms with van der Waals surface area (Å²) in [4.78, 5) is 16.6. The van der Waals surface area contributed by atoms with Crippen LogP contribution in [0.3, 0.4) is 0 Å². The molecule has 23 heavy (non-hydrogen) atoms. The van der Waals surface area contributed by atoms with Gasteiger partial charge >= 0.3 is 6.03 Å². The molecule has 2 aromatic carbocycles. The van der Waals surface area contributed by atoms with Crippen molar-refractivity contribution in [2.24, 2.45) is 0 Å². The van der Waals surface area contributed by atoms with Gasteiger partial charge in [0.15, 0.2) is 0 Å². The third kappa shape index (κ3) is 4.72. The summed E-state index contributed by atoms with van der Waals surface area (Å²) in [6.45, 7) is 2.08. The molecule has 0 aliphatic heterocycles. The zero-order chi connectivity index (χ0) is 16.7. The van der Waals surface area contributed by atoms with Crippen molar-refractivity contribution in [3.8, 4) is 5.75 Å². The normalized spacial score (nSPS) is 11.6. The highest BCUT2D eigenvalue weighted by Gasteiger charge is 2.12. The van der Waals surface area contributed by atoms with Crippen molar-refractivity contribution >= 4 is 11.7 Å². The van der Waals surface area contributed by atoms with E-state index in [2.05, 4.69) is 12.2 Å². The van der Waals surface area contributed by atoms with Crippen LogP contribution in [0.4, 0.5) is 10.5 Å². The number of anilines is 1. The van der Waals surface area contributed by atoms with Gasteiger partial charge in [-0.2, -0.15) is 0 Å². The largest absolute Gasteiger partial charge is 0.486 e. The standard InChI is InChI=1S/C18H22N2O3/c1-4-17(23-16-8-6-5-7-9-16)14-10-12-15(13-11-14)19-18(21)20(2)22-3/h5-13,17H,4H2,1-3H3,(H,19,21). The molecule has 0 radical (unpaired) electrons. The molecular formula is C18H22N2O3. The third-order valence-corrected chi connectivity index (χ3v) is 3.49. The summed E-state index contributed by atoms with van der Waals surface area (Å²) in [6.07, 6.45) is 0.830. The van der Waals surface area contributed by atoms with Gasteiger partial charge in [-0.1, -0.05) is 37.3 Å². The monoisotopic (exact) mass is 314 g/mol. The fourth-order valence-corrected chi connectivity index (χ4v) is 2.12. The lowest BCUT2D eigenvalue weighted by Gasteiger charge is -2.19. The molecule has 0 aliphatic carbocycles. The Labute approximate surface area is 136 Å². The average Bonchev–Trinajstić information content (AvgIpc) is 2.60. The maximum Gasteiger partial charge on any atom is 0.345 e. The number of urea groups is 1. The number of carbonyl (C=O) groups excluding carboxylic acids is 1. The van der Waals surface area contributed by atoms with Crippen LogP contribution in [0, 0.1) is 0 Å². The van der Waals surface area contributed by atoms with E-state index in [9.17, 15) is 4.79 Å². The maximum absolute atomic E-state index is 11.7. The molecule has 1 atom stereocenters. The lowest BCUT2D eigenvalue weighted by Crippen LogP contribution is -2.30. The highest BCUT2D eigenvalue weighted by atomic mass is 16.7. The van der Waals surface area contributed by atoms with E-state index in [0.717, 1.165) is 22.8 Å². The van der Waals surface area contributed by atoms with E-state index in [1.807, 2.05) is 54.6 Å². The van der Waals surface area contributed by atoms with Crippen LogP contribution in [0.1, 0.15) is 25.0 Å². The van der Waals surface area contributed by atoms with Crippen molar-refractivity contribution in [3.05, 3.63) is 60.2 Å². The Balaban J connectivity index is 2.03. The number of hydrogen-bond acceptors (Lipinski definition) is 3. The number of benzene rings is 2. The minimum absolute atomic E-state index is 0.0243. The van der Waals surface area contributed by atoms with Gasteiger partial charge in [-0.3, -0.25) is 4.84 Å². The predicted molar refractivity (Wildman–Crippen MR) is 90.3 cm³/mol. The lowest BCUT2D eigenvalue weighted by molar-refractivity contribution is -0.0598. The van der Waals surface area contributed by atoms with Crippen molar-refractivity contribution in [3.63, 3.8) is 0 Å². The smallest absolute Gasteiger partial charge is 0.345 e. The summed E-state index contributed by atoms with van der Waals surface area (Å²) in [5, 5.41) is 3.87. The summed E-state index contributed by atoms with van der Waals surface area (Å²) >= 11 is 0. The van der Waals surface area contributed by atoms with Crippen LogP contribution >= 0.6 is 0 Å². The topological polar surface area (TPSA) is 50.8 Å². The van der Waals surface area contributed by atoms with Gasteiger partial charge < -0.3 is 10.1 Å². The molecule has 0 heterocycles. The molecule has 122 valence electrons. The summed E-state index contributed by atoms with van der Waals surface area (Å²) in [5.41, 5.74) is 1.77. The van der Waals surface area contributed by atoms with Crippen molar-refractivity contribution < 1.29 is 14.4 Å².